The molecule has 0 fully saturated rings. The molecule has 0 radical (unpaired) electrons. The molecule has 0 spiro atoms. The highest BCUT2D eigenvalue weighted by Crippen LogP contribution is 2.25. The lowest BCUT2D eigenvalue weighted by Gasteiger charge is -2.20. The van der Waals surface area contributed by atoms with E-state index in [1.54, 1.807) is 0 Å². The lowest BCUT2D eigenvalue weighted by molar-refractivity contribution is -0.121. The van der Waals surface area contributed by atoms with Gasteiger partial charge in [0.05, 0.1) is 13.0 Å². The average molecular weight is 233 g/mol. The van der Waals surface area contributed by atoms with Crippen LogP contribution in [0.15, 0.2) is 18.2 Å². The fourth-order valence-corrected chi connectivity index (χ4v) is 2.00. The smallest absolute Gasteiger partial charge is 0.224 e. The normalized spacial score (nSPS) is 14.1. The molecule has 2 rings (SSSR count). The first-order chi connectivity index (χ1) is 7.94. The number of hydrogen-bond acceptors (Lipinski definition) is 2. The molecule has 1 aromatic rings. The minimum Gasteiger partial charge on any atom is -0.493 e. The molecule has 1 amide bonds. The highest BCUT2D eigenvalue weighted by Gasteiger charge is 2.16. The predicted octanol–water partition coefficient (Wildman–Crippen LogP) is 2.08. The third-order valence-corrected chi connectivity index (χ3v) is 2.63. The van der Waals surface area contributed by atoms with Crippen LogP contribution in [-0.2, 0) is 17.6 Å². The summed E-state index contributed by atoms with van der Waals surface area (Å²) in [6.07, 6.45) is 1.38. The van der Waals surface area contributed by atoms with Crippen LogP contribution in [0.1, 0.15) is 31.9 Å². The Hall–Kier alpha value is -1.51. The van der Waals surface area contributed by atoms with E-state index in [0.717, 1.165) is 24.3 Å². The zero-order valence-corrected chi connectivity index (χ0v) is 10.7. The summed E-state index contributed by atoms with van der Waals surface area (Å²) in [6, 6.07) is 6.00. The van der Waals surface area contributed by atoms with Crippen molar-refractivity contribution < 1.29 is 9.53 Å². The van der Waals surface area contributed by atoms with E-state index in [2.05, 4.69) is 11.4 Å². The Labute approximate surface area is 102 Å². The van der Waals surface area contributed by atoms with Crippen LogP contribution in [0, 0.1) is 0 Å². The van der Waals surface area contributed by atoms with Crippen molar-refractivity contribution >= 4 is 5.91 Å². The number of fused-ring (bicyclic) bond motifs is 1. The summed E-state index contributed by atoms with van der Waals surface area (Å²) in [5.74, 6) is 1.03. The molecule has 3 heteroatoms. The van der Waals surface area contributed by atoms with Gasteiger partial charge < -0.3 is 10.1 Å². The maximum atomic E-state index is 11.8. The molecule has 17 heavy (non-hydrogen) atoms. The van der Waals surface area contributed by atoms with Crippen LogP contribution in [0.5, 0.6) is 5.75 Å². The molecular weight excluding hydrogens is 214 g/mol. The Morgan fingerprint density at radius 1 is 1.41 bits per heavy atom. The zero-order chi connectivity index (χ0) is 12.5. The van der Waals surface area contributed by atoms with Crippen LogP contribution in [0.3, 0.4) is 0 Å². The number of amides is 1. The molecule has 0 atom stereocenters. The van der Waals surface area contributed by atoms with E-state index in [4.69, 9.17) is 4.74 Å². The molecular formula is C14H19NO2. The molecule has 1 heterocycles. The third-order valence-electron chi connectivity index (χ3n) is 2.63. The second kappa shape index (κ2) is 4.40. The maximum Gasteiger partial charge on any atom is 0.224 e. The Morgan fingerprint density at radius 2 is 2.18 bits per heavy atom. The molecule has 0 aliphatic carbocycles. The van der Waals surface area contributed by atoms with E-state index in [-0.39, 0.29) is 11.4 Å². The van der Waals surface area contributed by atoms with Crippen LogP contribution in [0.25, 0.3) is 0 Å². The number of nitrogens with one attached hydrogen (secondary N) is 1. The predicted molar refractivity (Wildman–Crippen MR) is 67.2 cm³/mol. The lowest BCUT2D eigenvalue weighted by atomic mass is 10.0. The van der Waals surface area contributed by atoms with Crippen LogP contribution in [0.2, 0.25) is 0 Å². The van der Waals surface area contributed by atoms with Crippen molar-refractivity contribution in [3.05, 3.63) is 29.3 Å². The molecule has 1 aliphatic rings. The maximum absolute atomic E-state index is 11.8. The summed E-state index contributed by atoms with van der Waals surface area (Å²) in [5.41, 5.74) is 2.10. The number of ether oxygens (including phenoxy) is 1. The molecule has 0 aromatic heterocycles. The zero-order valence-electron chi connectivity index (χ0n) is 10.7. The quantitative estimate of drug-likeness (QED) is 0.849. The number of carbonyl (C=O) groups is 1. The molecule has 0 saturated heterocycles. The Kier molecular flexibility index (Phi) is 3.09. The van der Waals surface area contributed by atoms with Crippen molar-refractivity contribution in [2.75, 3.05) is 6.61 Å². The van der Waals surface area contributed by atoms with E-state index < -0.39 is 0 Å². The van der Waals surface area contributed by atoms with Crippen molar-refractivity contribution in [2.24, 2.45) is 0 Å². The molecule has 1 aromatic carbocycles. The molecule has 92 valence electrons. The van der Waals surface area contributed by atoms with Gasteiger partial charge in [-0.15, -0.1) is 0 Å². The molecule has 0 unspecified atom stereocenters. The minimum atomic E-state index is -0.170. The van der Waals surface area contributed by atoms with Gasteiger partial charge in [0.1, 0.15) is 5.75 Å². The molecule has 3 nitrogen and oxygen atoms in total. The van der Waals surface area contributed by atoms with Gasteiger partial charge in [-0.3, -0.25) is 4.79 Å². The SMILES string of the molecule is CC(C)(C)NC(=O)Cc1ccc2c(c1)CCO2. The van der Waals surface area contributed by atoms with E-state index >= 15 is 0 Å². The highest BCUT2D eigenvalue weighted by molar-refractivity contribution is 5.79. The van der Waals surface area contributed by atoms with E-state index in [1.807, 2.05) is 32.9 Å². The Balaban J connectivity index is 2.02. The van der Waals surface area contributed by atoms with E-state index in [1.165, 1.54) is 5.56 Å². The average Bonchev–Trinajstić information content (AvgIpc) is 2.61. The van der Waals surface area contributed by atoms with Gasteiger partial charge in [-0.1, -0.05) is 12.1 Å². The Morgan fingerprint density at radius 3 is 2.88 bits per heavy atom. The minimum absolute atomic E-state index is 0.0661. The van der Waals surface area contributed by atoms with E-state index in [9.17, 15) is 4.79 Å². The van der Waals surface area contributed by atoms with Crippen LogP contribution in [-0.4, -0.2) is 18.1 Å². The molecule has 1 N–H and O–H groups in total. The lowest BCUT2D eigenvalue weighted by Crippen LogP contribution is -2.41. The van der Waals surface area contributed by atoms with Crippen molar-refractivity contribution in [3.8, 4) is 5.75 Å². The van der Waals surface area contributed by atoms with Gasteiger partial charge in [0.15, 0.2) is 0 Å². The first-order valence-electron chi connectivity index (χ1n) is 6.00. The van der Waals surface area contributed by atoms with Gasteiger partial charge >= 0.3 is 0 Å². The molecule has 0 saturated carbocycles. The van der Waals surface area contributed by atoms with Gasteiger partial charge in [-0.2, -0.15) is 0 Å². The van der Waals surface area contributed by atoms with Crippen molar-refractivity contribution in [1.29, 1.82) is 0 Å². The summed E-state index contributed by atoms with van der Waals surface area (Å²) >= 11 is 0. The number of carbonyl (C=O) groups excluding carboxylic acids is 1. The monoisotopic (exact) mass is 233 g/mol. The summed E-state index contributed by atoms with van der Waals surface area (Å²) < 4.78 is 5.44. The van der Waals surface area contributed by atoms with E-state index in [0.29, 0.717) is 6.42 Å². The second-order valence-corrected chi connectivity index (χ2v) is 5.52. The van der Waals surface area contributed by atoms with Crippen LogP contribution < -0.4 is 10.1 Å². The topological polar surface area (TPSA) is 38.3 Å². The largest absolute Gasteiger partial charge is 0.493 e. The van der Waals surface area contributed by atoms with Crippen molar-refractivity contribution in [3.63, 3.8) is 0 Å². The highest BCUT2D eigenvalue weighted by atomic mass is 16.5. The van der Waals surface area contributed by atoms with Gasteiger partial charge in [0, 0.05) is 12.0 Å². The van der Waals surface area contributed by atoms with Crippen LogP contribution in [0.4, 0.5) is 0 Å². The van der Waals surface area contributed by atoms with Crippen molar-refractivity contribution in [1.82, 2.24) is 5.32 Å². The Bertz CT molecular complexity index is 432. The summed E-state index contributed by atoms with van der Waals surface area (Å²) in [7, 11) is 0. The third kappa shape index (κ3) is 3.22. The molecule has 1 aliphatic heterocycles. The van der Waals surface area contributed by atoms with Crippen molar-refractivity contribution in [2.45, 2.75) is 39.2 Å². The first-order valence-corrected chi connectivity index (χ1v) is 6.00. The van der Waals surface area contributed by atoms with Gasteiger partial charge in [0.2, 0.25) is 5.91 Å². The standard InChI is InChI=1S/C14H19NO2/c1-14(2,3)15-13(16)9-10-4-5-12-11(8-10)6-7-17-12/h4-5,8H,6-7,9H2,1-3H3,(H,15,16). The summed E-state index contributed by atoms with van der Waals surface area (Å²) in [6.45, 7) is 6.72. The number of benzene rings is 1. The number of rotatable bonds is 2. The summed E-state index contributed by atoms with van der Waals surface area (Å²) in [4.78, 5) is 11.8. The van der Waals surface area contributed by atoms with Crippen LogP contribution >= 0.6 is 0 Å². The van der Waals surface area contributed by atoms with Gasteiger partial charge in [-0.05, 0) is 38.0 Å². The summed E-state index contributed by atoms with van der Waals surface area (Å²) in [5, 5.41) is 2.97. The fraction of sp³-hybridized carbons (Fsp3) is 0.500. The second-order valence-electron chi connectivity index (χ2n) is 5.52. The van der Waals surface area contributed by atoms with Gasteiger partial charge in [-0.25, -0.2) is 0 Å². The molecule has 0 bridgehead atoms. The fourth-order valence-electron chi connectivity index (χ4n) is 2.00. The number of hydrogen-bond donors (Lipinski definition) is 1. The van der Waals surface area contributed by atoms with Gasteiger partial charge in [0.25, 0.3) is 0 Å². The first kappa shape index (κ1) is 12.0.